The summed E-state index contributed by atoms with van der Waals surface area (Å²) in [6.45, 7) is 10.9. The fourth-order valence-corrected chi connectivity index (χ4v) is 4.15. The molecule has 1 aliphatic carbocycles. The molecule has 2 heterocycles. The molecule has 0 saturated heterocycles. The van der Waals surface area contributed by atoms with Crippen LogP contribution >= 0.6 is 0 Å². The molecule has 0 bridgehead atoms. The van der Waals surface area contributed by atoms with Crippen molar-refractivity contribution in [2.24, 2.45) is 0 Å². The maximum Gasteiger partial charge on any atom is 0.182 e. The molecule has 0 atom stereocenters. The lowest BCUT2D eigenvalue weighted by molar-refractivity contribution is 0.0961. The highest BCUT2D eigenvalue weighted by Crippen LogP contribution is 2.41. The van der Waals surface area contributed by atoms with Crippen LogP contribution in [0.5, 0.6) is 11.5 Å². The lowest BCUT2D eigenvalue weighted by Crippen LogP contribution is -2.30. The zero-order chi connectivity index (χ0) is 23.2. The second kappa shape index (κ2) is 8.23. The molecule has 170 valence electrons. The first-order chi connectivity index (χ1) is 15.1. The molecule has 1 aliphatic heterocycles. The second-order valence-electron chi connectivity index (χ2n) is 10.1. The Morgan fingerprint density at radius 3 is 2.56 bits per heavy atom. The number of amidine groups is 1. The van der Waals surface area contributed by atoms with Crippen LogP contribution in [-0.4, -0.2) is 41.3 Å². The van der Waals surface area contributed by atoms with Crippen molar-refractivity contribution in [3.05, 3.63) is 52.3 Å². The van der Waals surface area contributed by atoms with E-state index in [-0.39, 0.29) is 23.8 Å². The van der Waals surface area contributed by atoms with Gasteiger partial charge in [-0.25, -0.2) is 4.98 Å². The number of nitrogens with one attached hydrogen (secondary N) is 1. The minimum atomic E-state index is -0.226. The van der Waals surface area contributed by atoms with E-state index >= 15 is 0 Å². The molecular formula is C26H33N3O3. The van der Waals surface area contributed by atoms with Crippen molar-refractivity contribution in [3.8, 4) is 11.5 Å². The van der Waals surface area contributed by atoms with E-state index in [1.54, 1.807) is 18.1 Å². The summed E-state index contributed by atoms with van der Waals surface area (Å²) in [5.41, 5.74) is 4.08. The molecule has 2 aromatic rings. The molecule has 32 heavy (non-hydrogen) atoms. The molecule has 6 heteroatoms. The van der Waals surface area contributed by atoms with Gasteiger partial charge in [-0.3, -0.25) is 10.2 Å². The fraction of sp³-hybridized carbons (Fsp3) is 0.500. The molecule has 1 N–H and O–H groups in total. The number of fused-ring (bicyclic) bond motifs is 1. The molecule has 1 aromatic heterocycles. The summed E-state index contributed by atoms with van der Waals surface area (Å²) in [7, 11) is 1.63. The van der Waals surface area contributed by atoms with Gasteiger partial charge in [0.25, 0.3) is 0 Å². The summed E-state index contributed by atoms with van der Waals surface area (Å²) in [6.07, 6.45) is 2.31. The highest BCUT2D eigenvalue weighted by atomic mass is 16.5. The number of ketones is 1. The number of aromatic nitrogens is 1. The molecule has 2 aliphatic rings. The van der Waals surface area contributed by atoms with Crippen LogP contribution in [0.2, 0.25) is 0 Å². The quantitative estimate of drug-likeness (QED) is 0.614. The third-order valence-corrected chi connectivity index (χ3v) is 5.98. The Bertz CT molecular complexity index is 1060. The number of ether oxygens (including phenoxy) is 2. The van der Waals surface area contributed by atoms with Crippen molar-refractivity contribution >= 4 is 11.6 Å². The first-order valence-electron chi connectivity index (χ1n) is 11.3. The summed E-state index contributed by atoms with van der Waals surface area (Å²) in [4.78, 5) is 19.9. The smallest absolute Gasteiger partial charge is 0.182 e. The second-order valence-corrected chi connectivity index (χ2v) is 10.1. The van der Waals surface area contributed by atoms with Crippen molar-refractivity contribution in [2.75, 3.05) is 13.7 Å². The molecular weight excluding hydrogens is 402 g/mol. The fourth-order valence-electron chi connectivity index (χ4n) is 4.15. The maximum atomic E-state index is 13.3. The van der Waals surface area contributed by atoms with Crippen molar-refractivity contribution in [3.63, 3.8) is 0 Å². The average molecular weight is 436 g/mol. The summed E-state index contributed by atoms with van der Waals surface area (Å²) in [5, 5.41) is 8.61. The van der Waals surface area contributed by atoms with Gasteiger partial charge >= 0.3 is 0 Å². The Balaban J connectivity index is 1.61. The number of nitrogens with zero attached hydrogens (tertiary/aromatic N) is 2. The molecule has 0 radical (unpaired) electrons. The number of rotatable bonds is 7. The largest absolute Gasteiger partial charge is 0.493 e. The average Bonchev–Trinajstić information content (AvgIpc) is 3.52. The van der Waals surface area contributed by atoms with Gasteiger partial charge in [0, 0.05) is 34.8 Å². The number of hydrogen-bond donors (Lipinski definition) is 1. The third kappa shape index (κ3) is 4.36. The number of benzene rings is 1. The van der Waals surface area contributed by atoms with Gasteiger partial charge in [0.05, 0.1) is 19.8 Å². The van der Waals surface area contributed by atoms with E-state index in [4.69, 9.17) is 19.9 Å². The number of carbonyl (C=O) groups is 1. The van der Waals surface area contributed by atoms with Crippen molar-refractivity contribution in [2.45, 2.75) is 71.4 Å². The number of pyridine rings is 1. The number of carbonyl (C=O) groups excluding carboxylic acids is 1. The van der Waals surface area contributed by atoms with Crippen LogP contribution in [-0.2, 0) is 12.0 Å². The number of methoxy groups -OCH3 is 1. The van der Waals surface area contributed by atoms with Crippen LogP contribution in [0, 0.1) is 5.41 Å². The van der Waals surface area contributed by atoms with Gasteiger partial charge in [0.2, 0.25) is 0 Å². The molecule has 0 spiro atoms. The van der Waals surface area contributed by atoms with Gasteiger partial charge in [-0.2, -0.15) is 0 Å². The van der Waals surface area contributed by atoms with Gasteiger partial charge < -0.3 is 14.4 Å². The molecule has 4 rings (SSSR count). The van der Waals surface area contributed by atoms with Crippen LogP contribution in [0.15, 0.2) is 24.3 Å². The lowest BCUT2D eigenvalue weighted by Gasteiger charge is -2.26. The molecule has 1 fully saturated rings. The van der Waals surface area contributed by atoms with E-state index in [1.807, 2.05) is 19.9 Å². The third-order valence-electron chi connectivity index (χ3n) is 5.98. The van der Waals surface area contributed by atoms with E-state index in [2.05, 4.69) is 32.9 Å². The van der Waals surface area contributed by atoms with Gasteiger partial charge in [-0.1, -0.05) is 26.8 Å². The first kappa shape index (κ1) is 22.3. The monoisotopic (exact) mass is 435 g/mol. The Morgan fingerprint density at radius 1 is 1.25 bits per heavy atom. The predicted molar refractivity (Wildman–Crippen MR) is 125 cm³/mol. The summed E-state index contributed by atoms with van der Waals surface area (Å²) < 4.78 is 11.7. The molecule has 0 amide bonds. The highest BCUT2D eigenvalue weighted by Gasteiger charge is 2.32. The lowest BCUT2D eigenvalue weighted by atomic mass is 9.84. The summed E-state index contributed by atoms with van der Waals surface area (Å²) in [5.74, 6) is 2.07. The molecule has 6 nitrogen and oxygen atoms in total. The molecule has 1 aromatic carbocycles. The van der Waals surface area contributed by atoms with Crippen molar-refractivity contribution < 1.29 is 14.3 Å². The summed E-state index contributed by atoms with van der Waals surface area (Å²) >= 11 is 0. The SMILES string of the molecule is COc1c(OC(C)C)cc(C(=O)CN2Cc3ccc(C4CC4)nc3C2=N)cc1C(C)(C)C. The van der Waals surface area contributed by atoms with Crippen LogP contribution in [0.4, 0.5) is 0 Å². The van der Waals surface area contributed by atoms with Gasteiger partial charge in [0.15, 0.2) is 17.3 Å². The highest BCUT2D eigenvalue weighted by molar-refractivity contribution is 6.04. The van der Waals surface area contributed by atoms with Crippen LogP contribution in [0.1, 0.15) is 86.3 Å². The Hall–Kier alpha value is -2.89. The van der Waals surface area contributed by atoms with Crippen LogP contribution in [0.25, 0.3) is 0 Å². The predicted octanol–water partition coefficient (Wildman–Crippen LogP) is 5.08. The number of Topliss-reactive ketones (excluding diaryl/α,β-unsaturated/α-hetero) is 1. The van der Waals surface area contributed by atoms with Crippen molar-refractivity contribution in [1.82, 2.24) is 9.88 Å². The Morgan fingerprint density at radius 2 is 1.97 bits per heavy atom. The first-order valence-corrected chi connectivity index (χ1v) is 11.3. The van der Waals surface area contributed by atoms with Crippen LogP contribution < -0.4 is 9.47 Å². The standard InChI is InChI=1S/C26H33N3O3/c1-15(2)32-22-12-18(11-19(24(22)31-6)26(3,4)5)21(30)14-29-13-17-9-10-20(16-7-8-16)28-23(17)25(29)27/h9-12,15-16,27H,7-8,13-14H2,1-6H3. The van der Waals surface area contributed by atoms with E-state index < -0.39 is 0 Å². The Kier molecular flexibility index (Phi) is 5.74. The zero-order valence-corrected chi connectivity index (χ0v) is 19.9. The summed E-state index contributed by atoms with van der Waals surface area (Å²) in [6, 6.07) is 7.82. The van der Waals surface area contributed by atoms with E-state index in [0.717, 1.165) is 22.5 Å². The van der Waals surface area contributed by atoms with E-state index in [1.165, 1.54) is 12.8 Å². The topological polar surface area (TPSA) is 75.5 Å². The zero-order valence-electron chi connectivity index (χ0n) is 19.9. The van der Waals surface area contributed by atoms with Gasteiger partial charge in [0.1, 0.15) is 11.5 Å². The van der Waals surface area contributed by atoms with Crippen LogP contribution in [0.3, 0.4) is 0 Å². The van der Waals surface area contributed by atoms with Gasteiger partial charge in [-0.05, 0) is 50.3 Å². The van der Waals surface area contributed by atoms with E-state index in [9.17, 15) is 4.79 Å². The maximum absolute atomic E-state index is 13.3. The minimum Gasteiger partial charge on any atom is -0.493 e. The van der Waals surface area contributed by atoms with Crippen molar-refractivity contribution in [1.29, 1.82) is 5.41 Å². The molecule has 0 unspecified atom stereocenters. The molecule has 1 saturated carbocycles. The minimum absolute atomic E-state index is 0.0462. The Labute approximate surface area is 190 Å². The number of hydrogen-bond acceptors (Lipinski definition) is 5. The van der Waals surface area contributed by atoms with E-state index in [0.29, 0.717) is 35.4 Å². The normalized spacial score (nSPS) is 15.8. The van der Waals surface area contributed by atoms with Gasteiger partial charge in [-0.15, -0.1) is 0 Å².